The first kappa shape index (κ1) is 61.4. The Morgan fingerprint density at radius 3 is 0.635 bits per heavy atom. The highest BCUT2D eigenvalue weighted by Crippen LogP contribution is 2.17. The van der Waals surface area contributed by atoms with Crippen molar-refractivity contribution in [3.8, 4) is 0 Å². The minimum absolute atomic E-state index is 0.0611. The SMILES string of the molecule is CCCCCCCCCCCCCCCCCCCC(=O)OC[C@@H](COC(=O)CCCCCCCCCCCCCCC)OC(=O)CCCCCCCCCCCCCCCCC. The molecule has 0 unspecified atom stereocenters. The van der Waals surface area contributed by atoms with Crippen LogP contribution in [0.3, 0.4) is 0 Å². The molecule has 63 heavy (non-hydrogen) atoms. The van der Waals surface area contributed by atoms with Crippen molar-refractivity contribution in [1.82, 2.24) is 0 Å². The molecule has 0 saturated heterocycles. The van der Waals surface area contributed by atoms with Crippen molar-refractivity contribution in [2.45, 2.75) is 335 Å². The molecule has 6 nitrogen and oxygen atoms in total. The van der Waals surface area contributed by atoms with Crippen LogP contribution < -0.4 is 0 Å². The van der Waals surface area contributed by atoms with Gasteiger partial charge in [-0.2, -0.15) is 0 Å². The van der Waals surface area contributed by atoms with Crippen LogP contribution in [0.2, 0.25) is 0 Å². The van der Waals surface area contributed by atoms with E-state index >= 15 is 0 Å². The van der Waals surface area contributed by atoms with Gasteiger partial charge in [0.05, 0.1) is 0 Å². The van der Waals surface area contributed by atoms with E-state index < -0.39 is 6.10 Å². The van der Waals surface area contributed by atoms with E-state index in [1.807, 2.05) is 0 Å². The zero-order valence-corrected chi connectivity index (χ0v) is 42.9. The Hall–Kier alpha value is -1.59. The van der Waals surface area contributed by atoms with E-state index in [4.69, 9.17) is 14.2 Å². The van der Waals surface area contributed by atoms with Gasteiger partial charge in [0, 0.05) is 19.3 Å². The lowest BCUT2D eigenvalue weighted by Crippen LogP contribution is -2.30. The van der Waals surface area contributed by atoms with E-state index in [-0.39, 0.29) is 31.1 Å². The molecular weight excluding hydrogens is 781 g/mol. The highest BCUT2D eigenvalue weighted by atomic mass is 16.6. The molecule has 0 N–H and O–H groups in total. The van der Waals surface area contributed by atoms with Gasteiger partial charge in [0.15, 0.2) is 6.10 Å². The predicted molar refractivity (Wildman–Crippen MR) is 270 cm³/mol. The van der Waals surface area contributed by atoms with E-state index in [2.05, 4.69) is 20.8 Å². The number of carbonyl (C=O) groups is 3. The van der Waals surface area contributed by atoms with Crippen LogP contribution in [0.5, 0.6) is 0 Å². The van der Waals surface area contributed by atoms with Crippen LogP contribution in [0.15, 0.2) is 0 Å². The van der Waals surface area contributed by atoms with E-state index in [1.54, 1.807) is 0 Å². The lowest BCUT2D eigenvalue weighted by molar-refractivity contribution is -0.167. The first-order valence-corrected chi connectivity index (χ1v) is 28.5. The fraction of sp³-hybridized carbons (Fsp3) is 0.947. The van der Waals surface area contributed by atoms with Gasteiger partial charge in [0.25, 0.3) is 0 Å². The molecule has 0 aromatic rings. The van der Waals surface area contributed by atoms with Gasteiger partial charge in [-0.3, -0.25) is 14.4 Å². The number of hydrogen-bond acceptors (Lipinski definition) is 6. The van der Waals surface area contributed by atoms with Crippen molar-refractivity contribution in [2.24, 2.45) is 0 Å². The van der Waals surface area contributed by atoms with Crippen molar-refractivity contribution in [1.29, 1.82) is 0 Å². The van der Waals surface area contributed by atoms with Crippen molar-refractivity contribution in [2.75, 3.05) is 13.2 Å². The molecule has 0 heterocycles. The smallest absolute Gasteiger partial charge is 0.306 e. The summed E-state index contributed by atoms with van der Waals surface area (Å²) in [6.45, 7) is 6.70. The van der Waals surface area contributed by atoms with Crippen molar-refractivity contribution in [3.63, 3.8) is 0 Å². The lowest BCUT2D eigenvalue weighted by Gasteiger charge is -2.18. The first-order valence-electron chi connectivity index (χ1n) is 28.5. The third kappa shape index (κ3) is 51.3. The second-order valence-electron chi connectivity index (χ2n) is 19.6. The molecule has 0 spiro atoms. The fourth-order valence-corrected chi connectivity index (χ4v) is 8.80. The third-order valence-electron chi connectivity index (χ3n) is 13.1. The van der Waals surface area contributed by atoms with E-state index in [0.29, 0.717) is 19.3 Å². The average Bonchev–Trinajstić information content (AvgIpc) is 3.28. The second-order valence-corrected chi connectivity index (χ2v) is 19.6. The largest absolute Gasteiger partial charge is 0.462 e. The number of hydrogen-bond donors (Lipinski definition) is 0. The van der Waals surface area contributed by atoms with Gasteiger partial charge in [0.1, 0.15) is 13.2 Å². The van der Waals surface area contributed by atoms with Gasteiger partial charge in [0.2, 0.25) is 0 Å². The lowest BCUT2D eigenvalue weighted by atomic mass is 10.0. The number of unbranched alkanes of at least 4 members (excludes halogenated alkanes) is 42. The van der Waals surface area contributed by atoms with Gasteiger partial charge in [-0.05, 0) is 19.3 Å². The van der Waals surface area contributed by atoms with Crippen molar-refractivity contribution >= 4 is 17.9 Å². The standard InChI is InChI=1S/C57H110O6/c1-4-7-10-13-16-19-22-25-27-28-30-32-35-38-41-44-47-50-56(59)62-53-54(52-61-55(58)49-46-43-40-37-34-31-24-21-18-15-12-9-6-3)63-57(60)51-48-45-42-39-36-33-29-26-23-20-17-14-11-8-5-2/h54H,4-53H2,1-3H3/t54-/m1/s1. The Kier molecular flexibility index (Phi) is 51.7. The molecule has 0 bridgehead atoms. The van der Waals surface area contributed by atoms with Crippen molar-refractivity contribution in [3.05, 3.63) is 0 Å². The molecule has 0 fully saturated rings. The number of ether oxygens (including phenoxy) is 3. The normalized spacial score (nSPS) is 11.9. The van der Waals surface area contributed by atoms with Crippen LogP contribution >= 0.6 is 0 Å². The van der Waals surface area contributed by atoms with Crippen LogP contribution in [-0.2, 0) is 28.6 Å². The van der Waals surface area contributed by atoms with Crippen LogP contribution in [0, 0.1) is 0 Å². The Morgan fingerprint density at radius 1 is 0.254 bits per heavy atom. The molecule has 0 aromatic heterocycles. The van der Waals surface area contributed by atoms with Gasteiger partial charge in [-0.1, -0.05) is 290 Å². The topological polar surface area (TPSA) is 78.9 Å². The van der Waals surface area contributed by atoms with E-state index in [0.717, 1.165) is 57.8 Å². The molecule has 6 heteroatoms. The second kappa shape index (κ2) is 53.0. The van der Waals surface area contributed by atoms with Crippen LogP contribution in [-0.4, -0.2) is 37.2 Å². The minimum atomic E-state index is -0.760. The molecule has 374 valence electrons. The molecular formula is C57H110O6. The summed E-state index contributed by atoms with van der Waals surface area (Å²) < 4.78 is 16.9. The van der Waals surface area contributed by atoms with Crippen LogP contribution in [0.1, 0.15) is 329 Å². The Balaban J connectivity index is 4.28. The fourth-order valence-electron chi connectivity index (χ4n) is 8.80. The maximum Gasteiger partial charge on any atom is 0.306 e. The molecule has 0 aromatic carbocycles. The van der Waals surface area contributed by atoms with Crippen LogP contribution in [0.25, 0.3) is 0 Å². The zero-order chi connectivity index (χ0) is 45.8. The van der Waals surface area contributed by atoms with E-state index in [1.165, 1.54) is 231 Å². The summed E-state index contributed by atoms with van der Waals surface area (Å²) in [5, 5.41) is 0. The molecule has 0 aliphatic heterocycles. The molecule has 0 amide bonds. The molecule has 0 aliphatic carbocycles. The molecule has 0 rings (SSSR count). The molecule has 0 saturated carbocycles. The predicted octanol–water partition coefficient (Wildman–Crippen LogP) is 18.8. The Bertz CT molecular complexity index is 936. The summed E-state index contributed by atoms with van der Waals surface area (Å²) in [7, 11) is 0. The van der Waals surface area contributed by atoms with Gasteiger partial charge < -0.3 is 14.2 Å². The Labute approximate surface area is 393 Å². The molecule has 0 radical (unpaired) electrons. The highest BCUT2D eigenvalue weighted by Gasteiger charge is 2.19. The summed E-state index contributed by atoms with van der Waals surface area (Å²) in [5.41, 5.74) is 0. The highest BCUT2D eigenvalue weighted by molar-refractivity contribution is 5.71. The van der Waals surface area contributed by atoms with Crippen molar-refractivity contribution < 1.29 is 28.6 Å². The number of esters is 3. The van der Waals surface area contributed by atoms with Crippen LogP contribution in [0.4, 0.5) is 0 Å². The summed E-state index contributed by atoms with van der Waals surface area (Å²) in [6.07, 6.45) is 58.0. The summed E-state index contributed by atoms with van der Waals surface area (Å²) in [6, 6.07) is 0. The Morgan fingerprint density at radius 2 is 0.429 bits per heavy atom. The average molecular weight is 892 g/mol. The molecule has 1 atom stereocenters. The maximum absolute atomic E-state index is 12.8. The summed E-state index contributed by atoms with van der Waals surface area (Å²) in [4.78, 5) is 38.1. The number of rotatable bonds is 53. The monoisotopic (exact) mass is 891 g/mol. The van der Waals surface area contributed by atoms with E-state index in [9.17, 15) is 14.4 Å². The van der Waals surface area contributed by atoms with Gasteiger partial charge in [-0.15, -0.1) is 0 Å². The van der Waals surface area contributed by atoms with Gasteiger partial charge in [-0.25, -0.2) is 0 Å². The maximum atomic E-state index is 12.8. The zero-order valence-electron chi connectivity index (χ0n) is 42.9. The first-order chi connectivity index (χ1) is 31.0. The quantitative estimate of drug-likeness (QED) is 0.0344. The van der Waals surface area contributed by atoms with Gasteiger partial charge >= 0.3 is 17.9 Å². The minimum Gasteiger partial charge on any atom is -0.462 e. The molecule has 0 aliphatic rings. The number of carbonyl (C=O) groups excluding carboxylic acids is 3. The summed E-state index contributed by atoms with van der Waals surface area (Å²) >= 11 is 0. The third-order valence-corrected chi connectivity index (χ3v) is 13.1. The summed E-state index contributed by atoms with van der Waals surface area (Å²) in [5.74, 6) is -0.833.